The van der Waals surface area contributed by atoms with E-state index in [1.807, 2.05) is 19.2 Å². The zero-order chi connectivity index (χ0) is 11.7. The maximum atomic E-state index is 4.61. The molecule has 1 fully saturated rings. The third-order valence-corrected chi connectivity index (χ3v) is 3.03. The van der Waals surface area contributed by atoms with Crippen molar-refractivity contribution in [3.63, 3.8) is 0 Å². The Bertz CT molecular complexity index is 500. The molecular weight excluding hydrogens is 214 g/mol. The first kappa shape index (κ1) is 10.3. The number of hydrogen-bond acceptors (Lipinski definition) is 4. The van der Waals surface area contributed by atoms with Crippen LogP contribution in [-0.2, 0) is 0 Å². The Morgan fingerprint density at radius 2 is 2.06 bits per heavy atom. The third kappa shape index (κ3) is 2.00. The molecule has 3 heterocycles. The number of aromatic amines is 1. The van der Waals surface area contributed by atoms with E-state index in [0.29, 0.717) is 0 Å². The van der Waals surface area contributed by atoms with Crippen molar-refractivity contribution in [2.24, 2.45) is 0 Å². The lowest BCUT2D eigenvalue weighted by Crippen LogP contribution is -2.20. The highest BCUT2D eigenvalue weighted by Crippen LogP contribution is 2.21. The molecule has 3 rings (SSSR count). The zero-order valence-corrected chi connectivity index (χ0v) is 9.85. The monoisotopic (exact) mass is 229 g/mol. The van der Waals surface area contributed by atoms with E-state index in [0.717, 1.165) is 36.0 Å². The van der Waals surface area contributed by atoms with Gasteiger partial charge in [0.15, 0.2) is 0 Å². The Labute approximate surface area is 99.9 Å². The summed E-state index contributed by atoms with van der Waals surface area (Å²) in [7, 11) is 0. The van der Waals surface area contributed by atoms with Crippen molar-refractivity contribution in [2.45, 2.75) is 19.8 Å². The lowest BCUT2D eigenvalue weighted by Gasteiger charge is -2.16. The first-order valence-electron chi connectivity index (χ1n) is 5.93. The summed E-state index contributed by atoms with van der Waals surface area (Å²) >= 11 is 0. The number of H-pyrrole nitrogens is 1. The van der Waals surface area contributed by atoms with Crippen LogP contribution in [0.4, 0.5) is 5.95 Å². The van der Waals surface area contributed by atoms with Gasteiger partial charge in [0.05, 0.1) is 11.9 Å². The minimum absolute atomic E-state index is 0.846. The second-order valence-electron chi connectivity index (χ2n) is 4.38. The molecule has 0 atom stereocenters. The van der Waals surface area contributed by atoms with Crippen molar-refractivity contribution in [1.29, 1.82) is 0 Å². The predicted molar refractivity (Wildman–Crippen MR) is 65.8 cm³/mol. The molecule has 17 heavy (non-hydrogen) atoms. The van der Waals surface area contributed by atoms with E-state index in [-0.39, 0.29) is 0 Å². The van der Waals surface area contributed by atoms with Gasteiger partial charge in [-0.1, -0.05) is 0 Å². The SMILES string of the molecule is Cc1cc(-c2cn[nH]c2)nc(N2CCCC2)n1. The standard InChI is InChI=1S/C12H15N5/c1-9-6-11(10-7-13-14-8-10)16-12(15-9)17-4-2-3-5-17/h6-8H,2-5H2,1H3,(H,13,14). The lowest BCUT2D eigenvalue weighted by molar-refractivity contribution is 0.891. The van der Waals surface area contributed by atoms with Crippen molar-refractivity contribution in [3.05, 3.63) is 24.2 Å². The summed E-state index contributed by atoms with van der Waals surface area (Å²) in [5.41, 5.74) is 2.95. The van der Waals surface area contributed by atoms with Crippen LogP contribution in [0.5, 0.6) is 0 Å². The summed E-state index contributed by atoms with van der Waals surface area (Å²) in [6.45, 7) is 4.13. The summed E-state index contributed by atoms with van der Waals surface area (Å²) < 4.78 is 0. The minimum atomic E-state index is 0.846. The molecule has 5 nitrogen and oxygen atoms in total. The molecule has 2 aromatic rings. The van der Waals surface area contributed by atoms with Gasteiger partial charge in [-0.05, 0) is 25.8 Å². The number of nitrogens with one attached hydrogen (secondary N) is 1. The summed E-state index contributed by atoms with van der Waals surface area (Å²) in [5, 5.41) is 6.77. The first-order valence-corrected chi connectivity index (χ1v) is 5.93. The molecule has 0 aromatic carbocycles. The van der Waals surface area contributed by atoms with Crippen LogP contribution < -0.4 is 4.90 Å². The van der Waals surface area contributed by atoms with Crippen LogP contribution >= 0.6 is 0 Å². The maximum Gasteiger partial charge on any atom is 0.226 e. The highest BCUT2D eigenvalue weighted by molar-refractivity contribution is 5.59. The second-order valence-corrected chi connectivity index (χ2v) is 4.38. The number of nitrogens with zero attached hydrogens (tertiary/aromatic N) is 4. The molecule has 0 radical (unpaired) electrons. The van der Waals surface area contributed by atoms with Gasteiger partial charge in [0.2, 0.25) is 5.95 Å². The molecule has 0 unspecified atom stereocenters. The van der Waals surface area contributed by atoms with E-state index >= 15 is 0 Å². The van der Waals surface area contributed by atoms with Gasteiger partial charge in [-0.25, -0.2) is 9.97 Å². The van der Waals surface area contributed by atoms with E-state index in [1.54, 1.807) is 6.20 Å². The molecule has 2 aromatic heterocycles. The molecule has 88 valence electrons. The smallest absolute Gasteiger partial charge is 0.226 e. The Morgan fingerprint density at radius 1 is 1.24 bits per heavy atom. The maximum absolute atomic E-state index is 4.61. The number of hydrogen-bond donors (Lipinski definition) is 1. The van der Waals surface area contributed by atoms with Crippen molar-refractivity contribution < 1.29 is 0 Å². The van der Waals surface area contributed by atoms with E-state index < -0.39 is 0 Å². The highest BCUT2D eigenvalue weighted by atomic mass is 15.3. The third-order valence-electron chi connectivity index (χ3n) is 3.03. The van der Waals surface area contributed by atoms with E-state index in [4.69, 9.17) is 0 Å². The molecule has 1 aliphatic rings. The van der Waals surface area contributed by atoms with Crippen LogP contribution in [0, 0.1) is 6.92 Å². The van der Waals surface area contributed by atoms with E-state index in [2.05, 4.69) is 25.1 Å². The van der Waals surface area contributed by atoms with E-state index in [9.17, 15) is 0 Å². The van der Waals surface area contributed by atoms with Crippen LogP contribution in [-0.4, -0.2) is 33.3 Å². The van der Waals surface area contributed by atoms with E-state index in [1.165, 1.54) is 12.8 Å². The molecule has 5 heteroatoms. The largest absolute Gasteiger partial charge is 0.341 e. The van der Waals surface area contributed by atoms with Crippen LogP contribution in [0.1, 0.15) is 18.5 Å². The van der Waals surface area contributed by atoms with Gasteiger partial charge in [-0.2, -0.15) is 5.10 Å². The summed E-state index contributed by atoms with van der Waals surface area (Å²) in [5.74, 6) is 0.846. The molecule has 0 spiro atoms. The fourth-order valence-electron chi connectivity index (χ4n) is 2.15. The highest BCUT2D eigenvalue weighted by Gasteiger charge is 2.16. The Hall–Kier alpha value is -1.91. The van der Waals surface area contributed by atoms with Crippen molar-refractivity contribution in [3.8, 4) is 11.3 Å². The van der Waals surface area contributed by atoms with Crippen LogP contribution in [0.15, 0.2) is 18.5 Å². The predicted octanol–water partition coefficient (Wildman–Crippen LogP) is 1.78. The number of rotatable bonds is 2. The Kier molecular flexibility index (Phi) is 2.51. The van der Waals surface area contributed by atoms with Crippen LogP contribution in [0.2, 0.25) is 0 Å². The molecule has 1 saturated heterocycles. The molecule has 0 amide bonds. The normalized spacial score (nSPS) is 15.5. The molecule has 1 N–H and O–H groups in total. The van der Waals surface area contributed by atoms with Crippen LogP contribution in [0.25, 0.3) is 11.3 Å². The Balaban J connectivity index is 2.00. The number of aromatic nitrogens is 4. The fourth-order valence-corrected chi connectivity index (χ4v) is 2.15. The quantitative estimate of drug-likeness (QED) is 0.852. The molecular formula is C12H15N5. The molecule has 0 aliphatic carbocycles. The van der Waals surface area contributed by atoms with Crippen molar-refractivity contribution >= 4 is 5.95 Å². The lowest BCUT2D eigenvalue weighted by atomic mass is 10.2. The topological polar surface area (TPSA) is 57.7 Å². The Morgan fingerprint density at radius 3 is 2.76 bits per heavy atom. The van der Waals surface area contributed by atoms with Gasteiger partial charge in [-0.3, -0.25) is 5.10 Å². The van der Waals surface area contributed by atoms with Gasteiger partial charge in [0, 0.05) is 30.5 Å². The molecule has 1 aliphatic heterocycles. The fraction of sp³-hybridized carbons (Fsp3) is 0.417. The van der Waals surface area contributed by atoms with Gasteiger partial charge in [0.25, 0.3) is 0 Å². The van der Waals surface area contributed by atoms with Crippen molar-refractivity contribution in [1.82, 2.24) is 20.2 Å². The average molecular weight is 229 g/mol. The zero-order valence-electron chi connectivity index (χ0n) is 9.85. The second kappa shape index (κ2) is 4.16. The van der Waals surface area contributed by atoms with Gasteiger partial charge in [-0.15, -0.1) is 0 Å². The summed E-state index contributed by atoms with van der Waals surface area (Å²) in [6, 6.07) is 1.99. The van der Waals surface area contributed by atoms with Crippen LogP contribution in [0.3, 0.4) is 0 Å². The number of anilines is 1. The molecule has 0 saturated carbocycles. The summed E-state index contributed by atoms with van der Waals surface area (Å²) in [4.78, 5) is 11.4. The van der Waals surface area contributed by atoms with Gasteiger partial charge < -0.3 is 4.90 Å². The first-order chi connectivity index (χ1) is 8.33. The average Bonchev–Trinajstić information content (AvgIpc) is 3.02. The van der Waals surface area contributed by atoms with Gasteiger partial charge in [0.1, 0.15) is 0 Å². The van der Waals surface area contributed by atoms with Gasteiger partial charge >= 0.3 is 0 Å². The number of aryl methyl sites for hydroxylation is 1. The van der Waals surface area contributed by atoms with Crippen molar-refractivity contribution in [2.75, 3.05) is 18.0 Å². The minimum Gasteiger partial charge on any atom is -0.341 e. The summed E-state index contributed by atoms with van der Waals surface area (Å²) in [6.07, 6.45) is 6.11. The molecule has 0 bridgehead atoms.